The van der Waals surface area contributed by atoms with Crippen LogP contribution in [0.1, 0.15) is 28.8 Å². The largest absolute Gasteiger partial charge is 0.507 e. The van der Waals surface area contributed by atoms with Crippen LogP contribution in [0.3, 0.4) is 0 Å². The molecule has 0 aliphatic carbocycles. The van der Waals surface area contributed by atoms with Gasteiger partial charge in [-0.1, -0.05) is 0 Å². The molecule has 0 bridgehead atoms. The van der Waals surface area contributed by atoms with Gasteiger partial charge in [-0.25, -0.2) is 0 Å². The molecule has 116 valence electrons. The first-order valence-electron chi connectivity index (χ1n) is 6.67. The van der Waals surface area contributed by atoms with Gasteiger partial charge in [-0.2, -0.15) is 11.3 Å². The van der Waals surface area contributed by atoms with E-state index in [1.54, 1.807) is 17.4 Å². The molecule has 0 radical (unpaired) electrons. The number of carbonyl (C=O) groups excluding carboxylic acids is 2. The van der Waals surface area contributed by atoms with Crippen LogP contribution in [0.25, 0.3) is 0 Å². The number of ether oxygens (including phenoxy) is 2. The molecule has 2 aromatic rings. The molecule has 0 aliphatic rings. The highest BCUT2D eigenvalue weighted by atomic mass is 32.1. The summed E-state index contributed by atoms with van der Waals surface area (Å²) in [6, 6.07) is 6.47. The van der Waals surface area contributed by atoms with Crippen LogP contribution in [0, 0.1) is 0 Å². The summed E-state index contributed by atoms with van der Waals surface area (Å²) in [6.07, 6.45) is -0.0134. The fourth-order valence-electron chi connectivity index (χ4n) is 1.83. The third-order valence-electron chi connectivity index (χ3n) is 3.04. The molecule has 5 nitrogen and oxygen atoms in total. The molecule has 0 saturated carbocycles. The van der Waals surface area contributed by atoms with Crippen LogP contribution in [0.15, 0.2) is 35.0 Å². The summed E-state index contributed by atoms with van der Waals surface area (Å²) in [4.78, 5) is 23.0. The molecule has 1 heterocycles. The normalized spacial score (nSPS) is 10.2. The van der Waals surface area contributed by atoms with Gasteiger partial charge in [0.25, 0.3) is 0 Å². The van der Waals surface area contributed by atoms with Gasteiger partial charge in [-0.15, -0.1) is 0 Å². The quantitative estimate of drug-likeness (QED) is 0.626. The minimum atomic E-state index is -0.455. The maximum atomic E-state index is 11.9. The third kappa shape index (κ3) is 4.33. The predicted molar refractivity (Wildman–Crippen MR) is 82.3 cm³/mol. The lowest BCUT2D eigenvalue weighted by atomic mass is 10.1. The fourth-order valence-corrected chi connectivity index (χ4v) is 2.48. The van der Waals surface area contributed by atoms with Crippen molar-refractivity contribution in [2.45, 2.75) is 19.4 Å². The average molecular weight is 320 g/mol. The van der Waals surface area contributed by atoms with Crippen molar-refractivity contribution in [3.05, 3.63) is 46.2 Å². The first-order valence-corrected chi connectivity index (χ1v) is 7.61. The number of Topliss-reactive ketones (excluding diaryl/α,β-unsaturated/α-hetero) is 1. The summed E-state index contributed by atoms with van der Waals surface area (Å²) >= 11 is 1.58. The molecule has 1 N–H and O–H groups in total. The van der Waals surface area contributed by atoms with Crippen LogP contribution in [0.2, 0.25) is 0 Å². The van der Waals surface area contributed by atoms with E-state index < -0.39 is 5.97 Å². The van der Waals surface area contributed by atoms with E-state index in [1.165, 1.54) is 19.2 Å². The van der Waals surface area contributed by atoms with Crippen LogP contribution < -0.4 is 4.74 Å². The second-order valence-corrected chi connectivity index (χ2v) is 5.38. The lowest BCUT2D eigenvalue weighted by Gasteiger charge is -2.08. The lowest BCUT2D eigenvalue weighted by molar-refractivity contribution is -0.140. The first-order chi connectivity index (χ1) is 10.6. The number of carbonyl (C=O) groups is 2. The van der Waals surface area contributed by atoms with Gasteiger partial charge in [0, 0.05) is 12.5 Å². The zero-order valence-corrected chi connectivity index (χ0v) is 12.9. The molecular weight excluding hydrogens is 304 g/mol. The Kier molecular flexibility index (Phi) is 5.55. The Hall–Kier alpha value is -2.34. The molecule has 2 rings (SSSR count). The molecule has 6 heteroatoms. The van der Waals surface area contributed by atoms with Crippen LogP contribution >= 0.6 is 11.3 Å². The van der Waals surface area contributed by atoms with Crippen LogP contribution in [-0.2, 0) is 16.1 Å². The van der Waals surface area contributed by atoms with E-state index in [0.717, 1.165) is 5.56 Å². The van der Waals surface area contributed by atoms with E-state index in [1.807, 2.05) is 16.8 Å². The van der Waals surface area contributed by atoms with E-state index in [0.29, 0.717) is 12.4 Å². The third-order valence-corrected chi connectivity index (χ3v) is 3.77. The SMILES string of the molecule is COC(=O)CCC(=O)c1ccc(OCc2ccsc2)cc1O. The Bertz CT molecular complexity index is 649. The van der Waals surface area contributed by atoms with Crippen LogP contribution in [0.4, 0.5) is 0 Å². The monoisotopic (exact) mass is 320 g/mol. The molecule has 0 aliphatic heterocycles. The van der Waals surface area contributed by atoms with Gasteiger partial charge in [0.1, 0.15) is 18.1 Å². The lowest BCUT2D eigenvalue weighted by Crippen LogP contribution is -2.06. The number of rotatable bonds is 7. The van der Waals surface area contributed by atoms with Crippen molar-refractivity contribution in [1.29, 1.82) is 0 Å². The van der Waals surface area contributed by atoms with Gasteiger partial charge in [0.2, 0.25) is 0 Å². The Labute approximate surface area is 132 Å². The Morgan fingerprint density at radius 3 is 2.68 bits per heavy atom. The van der Waals surface area contributed by atoms with Crippen molar-refractivity contribution in [2.24, 2.45) is 0 Å². The molecule has 22 heavy (non-hydrogen) atoms. The molecule has 0 fully saturated rings. The molecule has 0 atom stereocenters. The van der Waals surface area contributed by atoms with Crippen molar-refractivity contribution in [3.8, 4) is 11.5 Å². The van der Waals surface area contributed by atoms with E-state index >= 15 is 0 Å². The van der Waals surface area contributed by atoms with E-state index in [2.05, 4.69) is 4.74 Å². The van der Waals surface area contributed by atoms with Crippen molar-refractivity contribution >= 4 is 23.1 Å². The highest BCUT2D eigenvalue weighted by Gasteiger charge is 2.14. The summed E-state index contributed by atoms with van der Waals surface area (Å²) in [5.41, 5.74) is 1.22. The van der Waals surface area contributed by atoms with E-state index in [-0.39, 0.29) is 29.9 Å². The first kappa shape index (κ1) is 16.0. The summed E-state index contributed by atoms with van der Waals surface area (Å²) in [7, 11) is 1.27. The van der Waals surface area contributed by atoms with Gasteiger partial charge in [-0.3, -0.25) is 9.59 Å². The predicted octanol–water partition coefficient (Wildman–Crippen LogP) is 3.17. The summed E-state index contributed by atoms with van der Waals surface area (Å²) in [5.74, 6) is -0.443. The molecule has 1 aromatic carbocycles. The number of aromatic hydroxyl groups is 1. The van der Waals surface area contributed by atoms with E-state index in [4.69, 9.17) is 4.74 Å². The van der Waals surface area contributed by atoms with Gasteiger partial charge in [0.05, 0.1) is 19.1 Å². The zero-order chi connectivity index (χ0) is 15.9. The second kappa shape index (κ2) is 7.61. The number of esters is 1. The zero-order valence-electron chi connectivity index (χ0n) is 12.1. The number of benzene rings is 1. The molecule has 0 saturated heterocycles. The highest BCUT2D eigenvalue weighted by Crippen LogP contribution is 2.26. The smallest absolute Gasteiger partial charge is 0.305 e. The Morgan fingerprint density at radius 2 is 2.05 bits per heavy atom. The number of thiophene rings is 1. The fraction of sp³-hybridized carbons (Fsp3) is 0.250. The van der Waals surface area contributed by atoms with Crippen molar-refractivity contribution in [1.82, 2.24) is 0 Å². The molecular formula is C16H16O5S. The maximum absolute atomic E-state index is 11.9. The topological polar surface area (TPSA) is 72.8 Å². The number of hydrogen-bond acceptors (Lipinski definition) is 6. The second-order valence-electron chi connectivity index (χ2n) is 4.60. The number of hydrogen-bond donors (Lipinski definition) is 1. The van der Waals surface area contributed by atoms with Gasteiger partial charge < -0.3 is 14.6 Å². The number of methoxy groups -OCH3 is 1. The Balaban J connectivity index is 1.96. The number of phenolic OH excluding ortho intramolecular Hbond substituents is 1. The molecule has 1 aromatic heterocycles. The minimum Gasteiger partial charge on any atom is -0.507 e. The van der Waals surface area contributed by atoms with Crippen molar-refractivity contribution < 1.29 is 24.2 Å². The van der Waals surface area contributed by atoms with Crippen molar-refractivity contribution in [2.75, 3.05) is 7.11 Å². The number of phenols is 1. The molecule has 0 amide bonds. The van der Waals surface area contributed by atoms with Gasteiger partial charge in [0.15, 0.2) is 5.78 Å². The van der Waals surface area contributed by atoms with Crippen LogP contribution in [-0.4, -0.2) is 24.0 Å². The van der Waals surface area contributed by atoms with Crippen LogP contribution in [0.5, 0.6) is 11.5 Å². The molecule has 0 spiro atoms. The van der Waals surface area contributed by atoms with Gasteiger partial charge >= 0.3 is 5.97 Å². The minimum absolute atomic E-state index is 0.00462. The number of ketones is 1. The summed E-state index contributed by atoms with van der Waals surface area (Å²) < 4.78 is 10.0. The van der Waals surface area contributed by atoms with Crippen molar-refractivity contribution in [3.63, 3.8) is 0 Å². The standard InChI is InChI=1S/C16H16O5S/c1-20-16(19)5-4-14(17)13-3-2-12(8-15(13)18)21-9-11-6-7-22-10-11/h2-3,6-8,10,18H,4-5,9H2,1H3. The maximum Gasteiger partial charge on any atom is 0.305 e. The summed E-state index contributed by atoms with van der Waals surface area (Å²) in [5, 5.41) is 13.9. The molecule has 0 unspecified atom stereocenters. The van der Waals surface area contributed by atoms with E-state index in [9.17, 15) is 14.7 Å². The summed E-state index contributed by atoms with van der Waals surface area (Å²) in [6.45, 7) is 0.401. The average Bonchev–Trinajstić information content (AvgIpc) is 3.03. The Morgan fingerprint density at radius 1 is 1.23 bits per heavy atom. The van der Waals surface area contributed by atoms with Gasteiger partial charge in [-0.05, 0) is 34.5 Å². The highest BCUT2D eigenvalue weighted by molar-refractivity contribution is 7.07.